The lowest BCUT2D eigenvalue weighted by Gasteiger charge is -1.91. The van der Waals surface area contributed by atoms with E-state index in [-0.39, 0.29) is 6.54 Å². The van der Waals surface area contributed by atoms with Crippen LogP contribution in [0, 0.1) is 0 Å². The normalized spacial score (nSPS) is 8.50. The fourth-order valence-corrected chi connectivity index (χ4v) is 0.356. The minimum absolute atomic E-state index is 0.0207. The van der Waals surface area contributed by atoms with Gasteiger partial charge in [0, 0.05) is 6.54 Å². The first-order chi connectivity index (χ1) is 3.77. The second-order valence-corrected chi connectivity index (χ2v) is 1.52. The highest BCUT2D eigenvalue weighted by Crippen LogP contribution is 1.57. The molecule has 0 aromatic heterocycles. The lowest BCUT2D eigenvalue weighted by atomic mass is 10.6. The summed E-state index contributed by atoms with van der Waals surface area (Å²) in [5.74, 6) is -0.859. The van der Waals surface area contributed by atoms with Crippen molar-refractivity contribution in [3.05, 3.63) is 0 Å². The molecular formula is C4H7NO2S. The quantitative estimate of drug-likeness (QED) is 0.407. The van der Waals surface area contributed by atoms with Gasteiger partial charge in [0.2, 0.25) is 0 Å². The molecule has 0 fully saturated rings. The topological polar surface area (TPSA) is 49.3 Å². The van der Waals surface area contributed by atoms with Crippen LogP contribution in [0.15, 0.2) is 0 Å². The number of thiocarbonyl (C=S) groups is 1. The molecule has 0 aliphatic heterocycles. The predicted molar refractivity (Wildman–Crippen MR) is 34.2 cm³/mol. The highest BCUT2D eigenvalue weighted by atomic mass is 32.1. The first kappa shape index (κ1) is 7.52. The lowest BCUT2D eigenvalue weighted by molar-refractivity contribution is -0.135. The number of carbonyl (C=O) groups is 1. The Kier molecular flexibility index (Phi) is 4.39. The second-order valence-electron chi connectivity index (χ2n) is 1.19. The van der Waals surface area contributed by atoms with Gasteiger partial charge in [0.05, 0.1) is 6.54 Å². The number of hydrogen-bond acceptors (Lipinski definition) is 3. The monoisotopic (exact) mass is 133 g/mol. The van der Waals surface area contributed by atoms with Crippen LogP contribution in [0.5, 0.6) is 0 Å². The molecular weight excluding hydrogens is 126 g/mol. The molecule has 46 valence electrons. The summed E-state index contributed by atoms with van der Waals surface area (Å²) in [5, 5.41) is 12.1. The first-order valence-corrected chi connectivity index (χ1v) is 2.60. The highest BCUT2D eigenvalue weighted by molar-refractivity contribution is 7.79. The maximum absolute atomic E-state index is 9.76. The van der Waals surface area contributed by atoms with Gasteiger partial charge in [-0.3, -0.25) is 4.79 Å². The van der Waals surface area contributed by atoms with Crippen molar-refractivity contribution in [1.29, 1.82) is 0 Å². The van der Waals surface area contributed by atoms with Crippen LogP contribution in [0.1, 0.15) is 0 Å². The molecule has 2 N–H and O–H groups in total. The summed E-state index contributed by atoms with van der Waals surface area (Å²) in [5.41, 5.74) is 0. The van der Waals surface area contributed by atoms with Gasteiger partial charge in [0.25, 0.3) is 0 Å². The average Bonchev–Trinajstić information content (AvgIpc) is 1.66. The van der Waals surface area contributed by atoms with Gasteiger partial charge >= 0.3 is 5.97 Å². The van der Waals surface area contributed by atoms with E-state index in [2.05, 4.69) is 17.5 Å². The van der Waals surface area contributed by atoms with E-state index in [0.717, 1.165) is 0 Å². The summed E-state index contributed by atoms with van der Waals surface area (Å²) in [6, 6.07) is 0. The van der Waals surface area contributed by atoms with Gasteiger partial charge in [-0.2, -0.15) is 0 Å². The number of carboxylic acid groups (broad SMARTS) is 1. The van der Waals surface area contributed by atoms with Crippen molar-refractivity contribution in [3.8, 4) is 0 Å². The van der Waals surface area contributed by atoms with Crippen LogP contribution in [0.2, 0.25) is 0 Å². The van der Waals surface area contributed by atoms with Gasteiger partial charge in [-0.15, -0.1) is 0 Å². The average molecular weight is 133 g/mol. The lowest BCUT2D eigenvalue weighted by Crippen LogP contribution is -2.23. The van der Waals surface area contributed by atoms with Crippen molar-refractivity contribution in [3.63, 3.8) is 0 Å². The summed E-state index contributed by atoms with van der Waals surface area (Å²) in [7, 11) is 0. The van der Waals surface area contributed by atoms with E-state index in [9.17, 15) is 4.79 Å². The standard InChI is InChI=1S/C4H7NO2S/c6-4(7)3-5-1-2-8/h2,5H,1,3H2,(H,6,7). The van der Waals surface area contributed by atoms with Gasteiger partial charge in [0.1, 0.15) is 0 Å². The molecule has 0 saturated carbocycles. The van der Waals surface area contributed by atoms with Crippen molar-refractivity contribution in [2.45, 2.75) is 0 Å². The van der Waals surface area contributed by atoms with Crippen LogP contribution in [-0.4, -0.2) is 29.5 Å². The second kappa shape index (κ2) is 4.67. The van der Waals surface area contributed by atoms with E-state index in [1.54, 1.807) is 0 Å². The Morgan fingerprint density at radius 2 is 2.50 bits per heavy atom. The summed E-state index contributed by atoms with van der Waals surface area (Å²) in [4.78, 5) is 9.76. The molecule has 4 heteroatoms. The minimum Gasteiger partial charge on any atom is -0.480 e. The zero-order valence-electron chi connectivity index (χ0n) is 4.26. The Balaban J connectivity index is 2.93. The number of aliphatic carboxylic acids is 1. The Morgan fingerprint density at radius 1 is 1.88 bits per heavy atom. The SMILES string of the molecule is O=C(O)CNCC=S. The fourth-order valence-electron chi connectivity index (χ4n) is 0.238. The molecule has 0 radical (unpaired) electrons. The van der Waals surface area contributed by atoms with E-state index in [1.165, 1.54) is 5.37 Å². The molecule has 0 atom stereocenters. The highest BCUT2D eigenvalue weighted by Gasteiger charge is 1.90. The molecule has 0 unspecified atom stereocenters. The molecule has 0 spiro atoms. The van der Waals surface area contributed by atoms with Gasteiger partial charge in [-0.05, 0) is 5.37 Å². The molecule has 0 bridgehead atoms. The van der Waals surface area contributed by atoms with Crippen molar-refractivity contribution < 1.29 is 9.90 Å². The largest absolute Gasteiger partial charge is 0.480 e. The van der Waals surface area contributed by atoms with Crippen LogP contribution >= 0.6 is 12.2 Å². The van der Waals surface area contributed by atoms with Crippen molar-refractivity contribution in [2.75, 3.05) is 13.1 Å². The van der Waals surface area contributed by atoms with Crippen molar-refractivity contribution in [1.82, 2.24) is 5.32 Å². The van der Waals surface area contributed by atoms with Crippen molar-refractivity contribution in [2.24, 2.45) is 0 Å². The van der Waals surface area contributed by atoms with Crippen LogP contribution in [0.25, 0.3) is 0 Å². The summed E-state index contributed by atoms with van der Waals surface area (Å²) in [6.07, 6.45) is 0. The molecule has 3 nitrogen and oxygen atoms in total. The molecule has 0 aromatic rings. The molecule has 0 aliphatic rings. The third-order valence-electron chi connectivity index (χ3n) is 0.504. The predicted octanol–water partition coefficient (Wildman–Crippen LogP) is -0.340. The molecule has 0 heterocycles. The third kappa shape index (κ3) is 5.52. The third-order valence-corrected chi connectivity index (χ3v) is 0.671. The molecule has 8 heavy (non-hydrogen) atoms. The minimum atomic E-state index is -0.859. The van der Waals surface area contributed by atoms with Crippen LogP contribution < -0.4 is 5.32 Å². The summed E-state index contributed by atoms with van der Waals surface area (Å²) >= 11 is 4.42. The Labute approximate surface area is 52.7 Å². The Bertz CT molecular complexity index is 94.0. The van der Waals surface area contributed by atoms with Gasteiger partial charge in [-0.1, -0.05) is 12.2 Å². The van der Waals surface area contributed by atoms with E-state index in [1.807, 2.05) is 0 Å². The smallest absolute Gasteiger partial charge is 0.317 e. The number of rotatable bonds is 4. The number of carboxylic acids is 1. The fraction of sp³-hybridized carbons (Fsp3) is 0.500. The summed E-state index contributed by atoms with van der Waals surface area (Å²) < 4.78 is 0. The summed E-state index contributed by atoms with van der Waals surface area (Å²) in [6.45, 7) is 0.453. The van der Waals surface area contributed by atoms with Crippen molar-refractivity contribution >= 4 is 23.6 Å². The zero-order valence-corrected chi connectivity index (χ0v) is 5.07. The Morgan fingerprint density at radius 3 is 2.88 bits per heavy atom. The van der Waals surface area contributed by atoms with Gasteiger partial charge < -0.3 is 10.4 Å². The van der Waals surface area contributed by atoms with E-state index in [0.29, 0.717) is 6.54 Å². The van der Waals surface area contributed by atoms with E-state index in [4.69, 9.17) is 5.11 Å². The van der Waals surface area contributed by atoms with Crippen LogP contribution in [0.4, 0.5) is 0 Å². The molecule has 0 aromatic carbocycles. The van der Waals surface area contributed by atoms with Gasteiger partial charge in [-0.25, -0.2) is 0 Å². The zero-order chi connectivity index (χ0) is 6.41. The molecule has 0 rings (SSSR count). The van der Waals surface area contributed by atoms with E-state index < -0.39 is 5.97 Å². The molecule has 0 amide bonds. The maximum atomic E-state index is 9.76. The number of nitrogens with one attached hydrogen (secondary N) is 1. The van der Waals surface area contributed by atoms with Crippen LogP contribution in [0.3, 0.4) is 0 Å². The molecule has 0 aliphatic carbocycles. The van der Waals surface area contributed by atoms with Crippen LogP contribution in [-0.2, 0) is 4.79 Å². The first-order valence-electron chi connectivity index (χ1n) is 2.13. The van der Waals surface area contributed by atoms with E-state index >= 15 is 0 Å². The molecule has 0 saturated heterocycles. The maximum Gasteiger partial charge on any atom is 0.317 e. The number of hydrogen-bond donors (Lipinski definition) is 2. The van der Waals surface area contributed by atoms with Gasteiger partial charge in [0.15, 0.2) is 0 Å². The Hall–Kier alpha value is -0.480.